The summed E-state index contributed by atoms with van der Waals surface area (Å²) in [6.07, 6.45) is 0. The topological polar surface area (TPSA) is 17.1 Å². The Labute approximate surface area is 124 Å². The van der Waals surface area contributed by atoms with E-state index < -0.39 is 11.6 Å². The zero-order valence-electron chi connectivity index (χ0n) is 11.4. The van der Waals surface area contributed by atoms with Crippen LogP contribution in [0.4, 0.5) is 8.78 Å². The maximum Gasteiger partial charge on any atom is 0.194 e. The SMILES string of the molecule is Cc1cc(C)c(C(=O)c2ccc(F)c(F)c2Br)cc1C. The van der Waals surface area contributed by atoms with Gasteiger partial charge < -0.3 is 0 Å². The summed E-state index contributed by atoms with van der Waals surface area (Å²) in [6.45, 7) is 5.70. The molecule has 0 saturated heterocycles. The van der Waals surface area contributed by atoms with Gasteiger partial charge in [0.05, 0.1) is 4.47 Å². The van der Waals surface area contributed by atoms with Gasteiger partial charge >= 0.3 is 0 Å². The summed E-state index contributed by atoms with van der Waals surface area (Å²) in [6, 6.07) is 5.94. The van der Waals surface area contributed by atoms with Gasteiger partial charge in [0.15, 0.2) is 17.4 Å². The molecule has 0 radical (unpaired) electrons. The van der Waals surface area contributed by atoms with Crippen molar-refractivity contribution >= 4 is 21.7 Å². The molecule has 2 rings (SSSR count). The average molecular weight is 339 g/mol. The van der Waals surface area contributed by atoms with E-state index >= 15 is 0 Å². The standard InChI is InChI=1S/C16H13BrF2O/c1-8-6-10(3)12(7-9(8)2)16(20)11-4-5-13(18)15(19)14(11)17/h4-7H,1-3H3. The number of rotatable bonds is 2. The highest BCUT2D eigenvalue weighted by Crippen LogP contribution is 2.27. The fraction of sp³-hybridized carbons (Fsp3) is 0.188. The number of benzene rings is 2. The van der Waals surface area contributed by atoms with E-state index in [9.17, 15) is 13.6 Å². The molecule has 0 unspecified atom stereocenters. The van der Waals surface area contributed by atoms with Crippen molar-refractivity contribution < 1.29 is 13.6 Å². The maximum absolute atomic E-state index is 13.5. The van der Waals surface area contributed by atoms with Gasteiger partial charge in [-0.3, -0.25) is 4.79 Å². The molecule has 0 heterocycles. The summed E-state index contributed by atoms with van der Waals surface area (Å²) in [5.74, 6) is -2.35. The maximum atomic E-state index is 13.5. The third-order valence-electron chi connectivity index (χ3n) is 3.37. The Morgan fingerprint density at radius 3 is 2.20 bits per heavy atom. The van der Waals surface area contributed by atoms with Crippen LogP contribution in [0.1, 0.15) is 32.6 Å². The minimum absolute atomic E-state index is 0.121. The lowest BCUT2D eigenvalue weighted by atomic mass is 9.95. The molecular formula is C16H13BrF2O. The molecule has 0 atom stereocenters. The van der Waals surface area contributed by atoms with Gasteiger partial charge in [-0.15, -0.1) is 0 Å². The van der Waals surface area contributed by atoms with Crippen molar-refractivity contribution in [2.75, 3.05) is 0 Å². The van der Waals surface area contributed by atoms with Crippen molar-refractivity contribution in [1.29, 1.82) is 0 Å². The summed E-state index contributed by atoms with van der Waals surface area (Å²) in [5, 5.41) is 0. The van der Waals surface area contributed by atoms with E-state index in [1.165, 1.54) is 6.07 Å². The van der Waals surface area contributed by atoms with Crippen molar-refractivity contribution in [3.8, 4) is 0 Å². The van der Waals surface area contributed by atoms with Crippen molar-refractivity contribution in [2.45, 2.75) is 20.8 Å². The van der Waals surface area contributed by atoms with Gasteiger partial charge in [0.1, 0.15) is 0 Å². The Morgan fingerprint density at radius 1 is 0.950 bits per heavy atom. The molecule has 0 fully saturated rings. The van der Waals surface area contributed by atoms with Gasteiger partial charge in [-0.1, -0.05) is 6.07 Å². The number of ketones is 1. The number of carbonyl (C=O) groups is 1. The second kappa shape index (κ2) is 5.44. The second-order valence-corrected chi connectivity index (χ2v) is 5.60. The molecule has 0 aliphatic carbocycles. The highest BCUT2D eigenvalue weighted by atomic mass is 79.9. The van der Waals surface area contributed by atoms with Crippen LogP contribution in [0.5, 0.6) is 0 Å². The smallest absolute Gasteiger partial charge is 0.194 e. The van der Waals surface area contributed by atoms with Crippen LogP contribution in [0.3, 0.4) is 0 Å². The van der Waals surface area contributed by atoms with Gasteiger partial charge in [-0.05, 0) is 71.6 Å². The Hall–Kier alpha value is -1.55. The Kier molecular flexibility index (Phi) is 4.04. The molecule has 0 spiro atoms. The largest absolute Gasteiger partial charge is 0.289 e. The zero-order chi connectivity index (χ0) is 15.0. The highest BCUT2D eigenvalue weighted by Gasteiger charge is 2.19. The Balaban J connectivity index is 2.58. The van der Waals surface area contributed by atoms with Gasteiger partial charge in [-0.2, -0.15) is 0 Å². The van der Waals surface area contributed by atoms with Gasteiger partial charge in [0.25, 0.3) is 0 Å². The van der Waals surface area contributed by atoms with Gasteiger partial charge in [-0.25, -0.2) is 8.78 Å². The van der Waals surface area contributed by atoms with E-state index in [0.717, 1.165) is 22.8 Å². The molecule has 0 saturated carbocycles. The summed E-state index contributed by atoms with van der Waals surface area (Å²) in [4.78, 5) is 12.5. The molecule has 0 aliphatic rings. The molecule has 0 N–H and O–H groups in total. The van der Waals surface area contributed by atoms with E-state index in [2.05, 4.69) is 15.9 Å². The van der Waals surface area contributed by atoms with Gasteiger partial charge in [0.2, 0.25) is 0 Å². The van der Waals surface area contributed by atoms with Crippen molar-refractivity contribution in [2.24, 2.45) is 0 Å². The first-order chi connectivity index (χ1) is 9.32. The predicted molar refractivity (Wildman–Crippen MR) is 78.1 cm³/mol. The van der Waals surface area contributed by atoms with Crippen LogP contribution in [0, 0.1) is 32.4 Å². The summed E-state index contributed by atoms with van der Waals surface area (Å²) >= 11 is 2.95. The molecule has 0 amide bonds. The van der Waals surface area contributed by atoms with Crippen LogP contribution >= 0.6 is 15.9 Å². The van der Waals surface area contributed by atoms with Gasteiger partial charge in [0, 0.05) is 11.1 Å². The average Bonchev–Trinajstić information content (AvgIpc) is 2.40. The lowest BCUT2D eigenvalue weighted by Gasteiger charge is -2.10. The number of halogens is 3. The van der Waals surface area contributed by atoms with Crippen LogP contribution in [-0.2, 0) is 0 Å². The fourth-order valence-electron chi connectivity index (χ4n) is 2.05. The molecular weight excluding hydrogens is 326 g/mol. The minimum Gasteiger partial charge on any atom is -0.289 e. The zero-order valence-corrected chi connectivity index (χ0v) is 12.9. The molecule has 20 heavy (non-hydrogen) atoms. The third-order valence-corrected chi connectivity index (χ3v) is 4.14. The van der Waals surface area contributed by atoms with E-state index in [-0.39, 0.29) is 15.8 Å². The molecule has 1 nitrogen and oxygen atoms in total. The number of hydrogen-bond donors (Lipinski definition) is 0. The minimum atomic E-state index is -1.04. The van der Waals surface area contributed by atoms with E-state index in [1.54, 1.807) is 6.07 Å². The van der Waals surface area contributed by atoms with Crippen LogP contribution in [-0.4, -0.2) is 5.78 Å². The summed E-state index contributed by atoms with van der Waals surface area (Å²) in [5.41, 5.74) is 3.51. The number of aryl methyl sites for hydroxylation is 3. The first-order valence-corrected chi connectivity index (χ1v) is 6.88. The lowest BCUT2D eigenvalue weighted by Crippen LogP contribution is -2.07. The Morgan fingerprint density at radius 2 is 1.55 bits per heavy atom. The number of carbonyl (C=O) groups excluding carboxylic acids is 1. The highest BCUT2D eigenvalue weighted by molar-refractivity contribution is 9.10. The molecule has 2 aromatic carbocycles. The fourth-order valence-corrected chi connectivity index (χ4v) is 2.55. The molecule has 0 aromatic heterocycles. The molecule has 2 aromatic rings. The van der Waals surface area contributed by atoms with Crippen LogP contribution in [0.25, 0.3) is 0 Å². The number of hydrogen-bond acceptors (Lipinski definition) is 1. The molecule has 104 valence electrons. The normalized spacial score (nSPS) is 10.7. The second-order valence-electron chi connectivity index (χ2n) is 4.80. The van der Waals surface area contributed by atoms with Crippen molar-refractivity contribution in [3.05, 3.63) is 68.2 Å². The summed E-state index contributed by atoms with van der Waals surface area (Å²) < 4.78 is 26.5. The molecule has 4 heteroatoms. The first-order valence-electron chi connectivity index (χ1n) is 6.09. The van der Waals surface area contributed by atoms with Crippen LogP contribution in [0.2, 0.25) is 0 Å². The predicted octanol–water partition coefficient (Wildman–Crippen LogP) is 4.88. The van der Waals surface area contributed by atoms with E-state index in [4.69, 9.17) is 0 Å². The lowest BCUT2D eigenvalue weighted by molar-refractivity contribution is 0.103. The van der Waals surface area contributed by atoms with E-state index in [1.807, 2.05) is 26.8 Å². The van der Waals surface area contributed by atoms with Crippen molar-refractivity contribution in [1.82, 2.24) is 0 Å². The first kappa shape index (κ1) is 14.9. The van der Waals surface area contributed by atoms with Crippen LogP contribution < -0.4 is 0 Å². The monoisotopic (exact) mass is 338 g/mol. The van der Waals surface area contributed by atoms with E-state index in [0.29, 0.717) is 5.56 Å². The quantitative estimate of drug-likeness (QED) is 0.563. The summed E-state index contributed by atoms with van der Waals surface area (Å²) in [7, 11) is 0. The molecule has 0 bridgehead atoms. The Bertz CT molecular complexity index is 704. The molecule has 0 aliphatic heterocycles. The third kappa shape index (κ3) is 2.52. The van der Waals surface area contributed by atoms with Crippen LogP contribution in [0.15, 0.2) is 28.7 Å². The van der Waals surface area contributed by atoms with Crippen molar-refractivity contribution in [3.63, 3.8) is 0 Å².